The number of hydrogen-bond acceptors (Lipinski definition) is 4. The summed E-state index contributed by atoms with van der Waals surface area (Å²) >= 11 is 0. The Labute approximate surface area is 131 Å². The lowest BCUT2D eigenvalue weighted by Gasteiger charge is -2.28. The monoisotopic (exact) mass is 294 g/mol. The van der Waals surface area contributed by atoms with Crippen LogP contribution in [0.15, 0.2) is 36.4 Å². The van der Waals surface area contributed by atoms with E-state index in [1.807, 2.05) is 18.2 Å². The molecule has 0 atom stereocenters. The number of benzene rings is 1. The molecule has 4 rings (SSSR count). The largest absolute Gasteiger partial charge is 0.367 e. The molecule has 2 aromatic rings. The molecule has 0 unspecified atom stereocenters. The first-order valence-corrected chi connectivity index (χ1v) is 8.34. The summed E-state index contributed by atoms with van der Waals surface area (Å²) in [4.78, 5) is 12.0. The normalized spacial score (nSPS) is 18.3. The SMILES string of the molecule is c1ccc(-c2nc(NC3CC3)cc(N3CCCCC3)n2)cc1. The third kappa shape index (κ3) is 3.06. The van der Waals surface area contributed by atoms with Gasteiger partial charge in [0.05, 0.1) is 0 Å². The summed E-state index contributed by atoms with van der Waals surface area (Å²) in [5.74, 6) is 2.86. The summed E-state index contributed by atoms with van der Waals surface area (Å²) in [7, 11) is 0. The Bertz CT molecular complexity index is 631. The minimum absolute atomic E-state index is 0.604. The Hall–Kier alpha value is -2.10. The van der Waals surface area contributed by atoms with Gasteiger partial charge in [-0.05, 0) is 32.1 Å². The van der Waals surface area contributed by atoms with Gasteiger partial charge in [-0.1, -0.05) is 30.3 Å². The van der Waals surface area contributed by atoms with Crippen molar-refractivity contribution in [2.75, 3.05) is 23.3 Å². The third-order valence-corrected chi connectivity index (χ3v) is 4.35. The molecule has 1 N–H and O–H groups in total. The van der Waals surface area contributed by atoms with Gasteiger partial charge >= 0.3 is 0 Å². The van der Waals surface area contributed by atoms with Gasteiger partial charge in [0, 0.05) is 30.8 Å². The van der Waals surface area contributed by atoms with E-state index >= 15 is 0 Å². The predicted molar refractivity (Wildman–Crippen MR) is 90.2 cm³/mol. The molecule has 1 aromatic heterocycles. The molecule has 2 heterocycles. The molecule has 0 radical (unpaired) electrons. The molecule has 1 aliphatic heterocycles. The molecule has 1 aromatic carbocycles. The van der Waals surface area contributed by atoms with Gasteiger partial charge in [-0.2, -0.15) is 0 Å². The summed E-state index contributed by atoms with van der Waals surface area (Å²) in [6.07, 6.45) is 6.36. The van der Waals surface area contributed by atoms with Crippen molar-refractivity contribution in [1.82, 2.24) is 9.97 Å². The third-order valence-electron chi connectivity index (χ3n) is 4.35. The zero-order valence-corrected chi connectivity index (χ0v) is 12.8. The van der Waals surface area contributed by atoms with E-state index in [2.05, 4.69) is 28.4 Å². The highest BCUT2D eigenvalue weighted by Crippen LogP contribution is 2.28. The van der Waals surface area contributed by atoms with Crippen molar-refractivity contribution in [2.24, 2.45) is 0 Å². The van der Waals surface area contributed by atoms with Crippen molar-refractivity contribution in [3.8, 4) is 11.4 Å². The van der Waals surface area contributed by atoms with Crippen molar-refractivity contribution < 1.29 is 0 Å². The fraction of sp³-hybridized carbons (Fsp3) is 0.444. The van der Waals surface area contributed by atoms with Crippen molar-refractivity contribution in [3.63, 3.8) is 0 Å². The van der Waals surface area contributed by atoms with E-state index < -0.39 is 0 Å². The number of hydrogen-bond donors (Lipinski definition) is 1. The molecule has 0 bridgehead atoms. The van der Waals surface area contributed by atoms with Crippen LogP contribution in [0, 0.1) is 0 Å². The molecule has 2 fully saturated rings. The molecule has 114 valence electrons. The first kappa shape index (κ1) is 13.6. The van der Waals surface area contributed by atoms with Gasteiger partial charge in [0.2, 0.25) is 0 Å². The minimum atomic E-state index is 0.604. The summed E-state index contributed by atoms with van der Waals surface area (Å²) in [6, 6.07) is 13.0. The molecule has 0 spiro atoms. The fourth-order valence-corrected chi connectivity index (χ4v) is 2.95. The van der Waals surface area contributed by atoms with Crippen LogP contribution < -0.4 is 10.2 Å². The lowest BCUT2D eigenvalue weighted by atomic mass is 10.1. The van der Waals surface area contributed by atoms with Crippen LogP contribution in [0.2, 0.25) is 0 Å². The first-order chi connectivity index (χ1) is 10.9. The Kier molecular flexibility index (Phi) is 3.67. The van der Waals surface area contributed by atoms with Crippen molar-refractivity contribution in [1.29, 1.82) is 0 Å². The van der Waals surface area contributed by atoms with Gasteiger partial charge < -0.3 is 10.2 Å². The standard InChI is InChI=1S/C18H22N4/c1-3-7-14(8-4-1)18-20-16(19-15-9-10-15)13-17(21-18)22-11-5-2-6-12-22/h1,3-4,7-8,13,15H,2,5-6,9-12H2,(H,19,20,21). The molecule has 22 heavy (non-hydrogen) atoms. The topological polar surface area (TPSA) is 41.1 Å². The molecule has 4 heteroatoms. The number of nitrogens with zero attached hydrogens (tertiary/aromatic N) is 3. The average molecular weight is 294 g/mol. The van der Waals surface area contributed by atoms with Crippen molar-refractivity contribution >= 4 is 11.6 Å². The number of anilines is 2. The molecule has 1 saturated heterocycles. The predicted octanol–water partition coefficient (Wildman–Crippen LogP) is 3.71. The fourth-order valence-electron chi connectivity index (χ4n) is 2.95. The van der Waals surface area contributed by atoms with Gasteiger partial charge in [0.15, 0.2) is 5.82 Å². The summed E-state index contributed by atoms with van der Waals surface area (Å²) in [5.41, 5.74) is 1.08. The summed E-state index contributed by atoms with van der Waals surface area (Å²) < 4.78 is 0. The minimum Gasteiger partial charge on any atom is -0.367 e. The van der Waals surface area contributed by atoms with Gasteiger partial charge in [-0.15, -0.1) is 0 Å². The first-order valence-electron chi connectivity index (χ1n) is 8.34. The van der Waals surface area contributed by atoms with Gasteiger partial charge in [0.1, 0.15) is 11.6 Å². The second-order valence-corrected chi connectivity index (χ2v) is 6.27. The van der Waals surface area contributed by atoms with Crippen LogP contribution in [0.3, 0.4) is 0 Å². The van der Waals surface area contributed by atoms with Crippen LogP contribution in [-0.4, -0.2) is 29.1 Å². The van der Waals surface area contributed by atoms with Crippen LogP contribution in [0.4, 0.5) is 11.6 Å². The van der Waals surface area contributed by atoms with Gasteiger partial charge in [0.25, 0.3) is 0 Å². The maximum Gasteiger partial charge on any atom is 0.163 e. The lowest BCUT2D eigenvalue weighted by Crippen LogP contribution is -2.30. The maximum absolute atomic E-state index is 4.83. The average Bonchev–Trinajstić information content (AvgIpc) is 3.40. The Morgan fingerprint density at radius 2 is 1.73 bits per heavy atom. The molecule has 1 saturated carbocycles. The molecule has 1 aliphatic carbocycles. The van der Waals surface area contributed by atoms with Gasteiger partial charge in [-0.25, -0.2) is 9.97 Å². The van der Waals surface area contributed by atoms with E-state index in [4.69, 9.17) is 9.97 Å². The van der Waals surface area contributed by atoms with Crippen LogP contribution in [0.25, 0.3) is 11.4 Å². The Morgan fingerprint density at radius 3 is 2.45 bits per heavy atom. The van der Waals surface area contributed by atoms with E-state index in [0.717, 1.165) is 36.1 Å². The molecule has 2 aliphatic rings. The highest BCUT2D eigenvalue weighted by molar-refractivity contribution is 5.62. The van der Waals surface area contributed by atoms with E-state index in [-0.39, 0.29) is 0 Å². The number of aromatic nitrogens is 2. The van der Waals surface area contributed by atoms with Gasteiger partial charge in [-0.3, -0.25) is 0 Å². The second-order valence-electron chi connectivity index (χ2n) is 6.27. The van der Waals surface area contributed by atoms with Crippen LogP contribution in [0.1, 0.15) is 32.1 Å². The van der Waals surface area contributed by atoms with Crippen molar-refractivity contribution in [2.45, 2.75) is 38.1 Å². The Morgan fingerprint density at radius 1 is 0.955 bits per heavy atom. The zero-order valence-electron chi connectivity index (χ0n) is 12.8. The molecular formula is C18H22N4. The van der Waals surface area contributed by atoms with Crippen molar-refractivity contribution in [3.05, 3.63) is 36.4 Å². The number of nitrogens with one attached hydrogen (secondary N) is 1. The van der Waals surface area contributed by atoms with Crippen LogP contribution in [-0.2, 0) is 0 Å². The Balaban J connectivity index is 1.69. The highest BCUT2D eigenvalue weighted by Gasteiger charge is 2.23. The van der Waals surface area contributed by atoms with Crippen LogP contribution >= 0.6 is 0 Å². The molecule has 0 amide bonds. The van der Waals surface area contributed by atoms with Crippen LogP contribution in [0.5, 0.6) is 0 Å². The van der Waals surface area contributed by atoms with E-state index in [1.54, 1.807) is 0 Å². The molecule has 4 nitrogen and oxygen atoms in total. The number of rotatable bonds is 4. The molecular weight excluding hydrogens is 272 g/mol. The summed E-state index contributed by atoms with van der Waals surface area (Å²) in [6.45, 7) is 2.21. The second kappa shape index (κ2) is 5.95. The quantitative estimate of drug-likeness (QED) is 0.933. The number of piperidine rings is 1. The maximum atomic E-state index is 4.83. The van der Waals surface area contributed by atoms with E-state index in [9.17, 15) is 0 Å². The van der Waals surface area contributed by atoms with E-state index in [1.165, 1.54) is 32.1 Å². The smallest absolute Gasteiger partial charge is 0.163 e. The lowest BCUT2D eigenvalue weighted by molar-refractivity contribution is 0.573. The highest BCUT2D eigenvalue weighted by atomic mass is 15.2. The summed E-state index contributed by atoms with van der Waals surface area (Å²) in [5, 5.41) is 3.53. The van der Waals surface area contributed by atoms with E-state index in [0.29, 0.717) is 6.04 Å². The zero-order chi connectivity index (χ0) is 14.8.